The van der Waals surface area contributed by atoms with Crippen molar-refractivity contribution in [2.45, 2.75) is 18.9 Å². The van der Waals surface area contributed by atoms with Gasteiger partial charge in [0.2, 0.25) is 0 Å². The molecule has 1 aromatic carbocycles. The Balaban J connectivity index is 2.35. The van der Waals surface area contributed by atoms with Gasteiger partial charge < -0.3 is 10.0 Å². The number of benzene rings is 1. The number of carboxylic acid groups (broad SMARTS) is 1. The molecule has 1 fully saturated rings. The molecule has 1 atom stereocenters. The average Bonchev–Trinajstić information content (AvgIpc) is 2.70. The number of amides is 1. The topological polar surface area (TPSA) is 40.5 Å². The Morgan fingerprint density at radius 3 is 2.88 bits per heavy atom. The zero-order valence-electron chi connectivity index (χ0n) is 8.49. The van der Waals surface area contributed by atoms with Gasteiger partial charge in [-0.2, -0.15) is 0 Å². The van der Waals surface area contributed by atoms with E-state index in [-0.39, 0.29) is 5.56 Å². The standard InChI is InChI=1S/C11H11F2NO2/c12-7-3-4-9(13)8(6-7)10-2-1-5-14(10)11(15)16/h3-4,6,10H,1-2,5H2,(H,15,16). The molecule has 3 nitrogen and oxygen atoms in total. The fourth-order valence-electron chi connectivity index (χ4n) is 2.09. The van der Waals surface area contributed by atoms with E-state index in [1.807, 2.05) is 0 Å². The molecule has 1 amide bonds. The number of nitrogens with zero attached hydrogens (tertiary/aromatic N) is 1. The number of hydrogen-bond donors (Lipinski definition) is 1. The molecule has 0 aliphatic carbocycles. The molecule has 1 saturated heterocycles. The summed E-state index contributed by atoms with van der Waals surface area (Å²) in [6.07, 6.45) is 0.116. The van der Waals surface area contributed by atoms with Crippen molar-refractivity contribution >= 4 is 6.09 Å². The second-order valence-corrected chi connectivity index (χ2v) is 3.80. The van der Waals surface area contributed by atoms with E-state index in [2.05, 4.69) is 0 Å². The Labute approximate surface area is 91.3 Å². The molecule has 1 unspecified atom stereocenters. The lowest BCUT2D eigenvalue weighted by Crippen LogP contribution is -2.29. The Morgan fingerprint density at radius 2 is 2.19 bits per heavy atom. The largest absolute Gasteiger partial charge is 0.465 e. The van der Waals surface area contributed by atoms with Gasteiger partial charge in [-0.1, -0.05) is 0 Å². The van der Waals surface area contributed by atoms with Crippen molar-refractivity contribution in [1.29, 1.82) is 0 Å². The summed E-state index contributed by atoms with van der Waals surface area (Å²) in [5.74, 6) is -1.10. The molecule has 16 heavy (non-hydrogen) atoms. The van der Waals surface area contributed by atoms with Crippen molar-refractivity contribution in [3.63, 3.8) is 0 Å². The van der Waals surface area contributed by atoms with Crippen LogP contribution in [0, 0.1) is 11.6 Å². The van der Waals surface area contributed by atoms with Crippen LogP contribution in [-0.4, -0.2) is 22.6 Å². The third kappa shape index (κ3) is 1.85. The summed E-state index contributed by atoms with van der Waals surface area (Å²) in [6.45, 7) is 0.371. The van der Waals surface area contributed by atoms with Crippen LogP contribution in [0.1, 0.15) is 24.4 Å². The quantitative estimate of drug-likeness (QED) is 0.801. The molecule has 1 heterocycles. The monoisotopic (exact) mass is 227 g/mol. The highest BCUT2D eigenvalue weighted by molar-refractivity contribution is 5.66. The molecule has 1 aliphatic heterocycles. The van der Waals surface area contributed by atoms with Gasteiger partial charge in [-0.3, -0.25) is 0 Å². The van der Waals surface area contributed by atoms with E-state index in [1.165, 1.54) is 0 Å². The van der Waals surface area contributed by atoms with E-state index < -0.39 is 23.8 Å². The number of rotatable bonds is 1. The smallest absolute Gasteiger partial charge is 0.407 e. The van der Waals surface area contributed by atoms with Crippen LogP contribution in [0.25, 0.3) is 0 Å². The first-order valence-corrected chi connectivity index (χ1v) is 5.04. The van der Waals surface area contributed by atoms with E-state index >= 15 is 0 Å². The third-order valence-electron chi connectivity index (χ3n) is 2.82. The maximum absolute atomic E-state index is 13.5. The van der Waals surface area contributed by atoms with E-state index in [1.54, 1.807) is 0 Å². The molecule has 0 radical (unpaired) electrons. The van der Waals surface area contributed by atoms with Crippen LogP contribution >= 0.6 is 0 Å². The van der Waals surface area contributed by atoms with Gasteiger partial charge in [0.25, 0.3) is 0 Å². The van der Waals surface area contributed by atoms with Crippen LogP contribution in [-0.2, 0) is 0 Å². The van der Waals surface area contributed by atoms with Gasteiger partial charge in [-0.15, -0.1) is 0 Å². The van der Waals surface area contributed by atoms with Crippen LogP contribution in [0.15, 0.2) is 18.2 Å². The molecule has 0 spiro atoms. The van der Waals surface area contributed by atoms with Crippen molar-refractivity contribution in [3.05, 3.63) is 35.4 Å². The van der Waals surface area contributed by atoms with Crippen molar-refractivity contribution in [3.8, 4) is 0 Å². The SMILES string of the molecule is O=C(O)N1CCCC1c1cc(F)ccc1F. The first kappa shape index (κ1) is 10.9. The summed E-state index contributed by atoms with van der Waals surface area (Å²) < 4.78 is 26.5. The van der Waals surface area contributed by atoms with E-state index in [0.29, 0.717) is 19.4 Å². The molecule has 5 heteroatoms. The normalized spacial score (nSPS) is 20.1. The van der Waals surface area contributed by atoms with Crippen LogP contribution in [0.2, 0.25) is 0 Å². The van der Waals surface area contributed by atoms with E-state index in [4.69, 9.17) is 5.11 Å². The summed E-state index contributed by atoms with van der Waals surface area (Å²) in [4.78, 5) is 12.0. The Morgan fingerprint density at radius 1 is 1.44 bits per heavy atom. The first-order valence-electron chi connectivity index (χ1n) is 5.04. The predicted octanol–water partition coefficient (Wildman–Crippen LogP) is 2.78. The third-order valence-corrected chi connectivity index (χ3v) is 2.82. The van der Waals surface area contributed by atoms with Crippen molar-refractivity contribution in [2.24, 2.45) is 0 Å². The van der Waals surface area contributed by atoms with Gasteiger partial charge in [0, 0.05) is 12.1 Å². The van der Waals surface area contributed by atoms with Crippen molar-refractivity contribution in [1.82, 2.24) is 4.90 Å². The van der Waals surface area contributed by atoms with Gasteiger partial charge in [0.1, 0.15) is 11.6 Å². The van der Waals surface area contributed by atoms with Gasteiger partial charge in [0.15, 0.2) is 0 Å². The molecule has 1 aliphatic rings. The molecule has 0 saturated carbocycles. The predicted molar refractivity (Wildman–Crippen MR) is 53.1 cm³/mol. The average molecular weight is 227 g/mol. The van der Waals surface area contributed by atoms with Gasteiger partial charge in [-0.05, 0) is 31.0 Å². The minimum Gasteiger partial charge on any atom is -0.465 e. The number of likely N-dealkylation sites (tertiary alicyclic amines) is 1. The van der Waals surface area contributed by atoms with Crippen LogP contribution < -0.4 is 0 Å². The van der Waals surface area contributed by atoms with E-state index in [9.17, 15) is 13.6 Å². The summed E-state index contributed by atoms with van der Waals surface area (Å²) in [6, 6.07) is 2.57. The van der Waals surface area contributed by atoms with Crippen LogP contribution in [0.5, 0.6) is 0 Å². The Hall–Kier alpha value is -1.65. The van der Waals surface area contributed by atoms with Crippen molar-refractivity contribution < 1.29 is 18.7 Å². The lowest BCUT2D eigenvalue weighted by molar-refractivity contribution is 0.139. The second kappa shape index (κ2) is 4.08. The van der Waals surface area contributed by atoms with Crippen molar-refractivity contribution in [2.75, 3.05) is 6.54 Å². The Kier molecular flexibility index (Phi) is 2.77. The van der Waals surface area contributed by atoms with Gasteiger partial charge >= 0.3 is 6.09 Å². The summed E-state index contributed by atoms with van der Waals surface area (Å²) in [7, 11) is 0. The highest BCUT2D eigenvalue weighted by Gasteiger charge is 2.31. The number of hydrogen-bond acceptors (Lipinski definition) is 1. The molecule has 2 rings (SSSR count). The highest BCUT2D eigenvalue weighted by Crippen LogP contribution is 2.33. The highest BCUT2D eigenvalue weighted by atomic mass is 19.1. The molecule has 1 aromatic rings. The summed E-state index contributed by atoms with van der Waals surface area (Å²) in [5.41, 5.74) is 0.125. The number of halogens is 2. The maximum Gasteiger partial charge on any atom is 0.407 e. The second-order valence-electron chi connectivity index (χ2n) is 3.80. The summed E-state index contributed by atoms with van der Waals surface area (Å²) in [5, 5.41) is 8.91. The minimum atomic E-state index is -1.09. The zero-order valence-corrected chi connectivity index (χ0v) is 8.49. The number of carbonyl (C=O) groups is 1. The van der Waals surface area contributed by atoms with E-state index in [0.717, 1.165) is 23.1 Å². The lowest BCUT2D eigenvalue weighted by atomic mass is 10.0. The van der Waals surface area contributed by atoms with Gasteiger partial charge in [-0.25, -0.2) is 13.6 Å². The van der Waals surface area contributed by atoms with Crippen LogP contribution in [0.4, 0.5) is 13.6 Å². The first-order chi connectivity index (χ1) is 7.59. The molecular formula is C11H11F2NO2. The zero-order chi connectivity index (χ0) is 11.7. The fourth-order valence-corrected chi connectivity index (χ4v) is 2.09. The van der Waals surface area contributed by atoms with Gasteiger partial charge in [0.05, 0.1) is 6.04 Å². The minimum absolute atomic E-state index is 0.125. The molecule has 0 bridgehead atoms. The fraction of sp³-hybridized carbons (Fsp3) is 0.364. The molecule has 86 valence electrons. The molecule has 0 aromatic heterocycles. The molecular weight excluding hydrogens is 216 g/mol. The Bertz CT molecular complexity index is 422. The maximum atomic E-state index is 13.5. The molecule has 1 N–H and O–H groups in total. The lowest BCUT2D eigenvalue weighted by Gasteiger charge is -2.22. The van der Waals surface area contributed by atoms with Crippen LogP contribution in [0.3, 0.4) is 0 Å². The summed E-state index contributed by atoms with van der Waals surface area (Å²) >= 11 is 0.